The lowest BCUT2D eigenvalue weighted by atomic mass is 9.83. The number of benzene rings is 3. The molecule has 0 amide bonds. The number of aryl methyl sites for hydroxylation is 2. The number of aromatic nitrogens is 2. The van der Waals surface area contributed by atoms with Gasteiger partial charge in [0.25, 0.3) is 5.56 Å². The summed E-state index contributed by atoms with van der Waals surface area (Å²) in [6, 6.07) is 24.9. The van der Waals surface area contributed by atoms with Crippen LogP contribution < -0.4 is 14.9 Å². The smallest absolute Gasteiger partial charge is 0.271 e. The molecular weight excluding hydrogens is 530 g/mol. The van der Waals surface area contributed by atoms with Crippen LogP contribution in [-0.4, -0.2) is 9.55 Å². The van der Waals surface area contributed by atoms with Gasteiger partial charge in [0.2, 0.25) is 0 Å². The molecule has 0 saturated heterocycles. The summed E-state index contributed by atoms with van der Waals surface area (Å²) in [7, 11) is 0. The van der Waals surface area contributed by atoms with Crippen LogP contribution in [0.1, 0.15) is 40.4 Å². The molecule has 5 aromatic rings. The van der Waals surface area contributed by atoms with Crippen LogP contribution in [0.4, 0.5) is 0 Å². The van der Waals surface area contributed by atoms with Gasteiger partial charge in [0, 0.05) is 32.2 Å². The maximum atomic E-state index is 14.0. The minimum Gasteiger partial charge on any atom is -0.358 e. The third kappa shape index (κ3) is 3.32. The molecule has 6 heteroatoms. The van der Waals surface area contributed by atoms with E-state index < -0.39 is 0 Å². The predicted octanol–water partition coefficient (Wildman–Crippen LogP) is 5.87. The Labute approximate surface area is 220 Å². The molecule has 1 aliphatic heterocycles. The lowest BCUT2D eigenvalue weighted by Gasteiger charge is -2.30. The zero-order chi connectivity index (χ0) is 24.4. The number of nitrogens with one attached hydrogen (secondary N) is 1. The summed E-state index contributed by atoms with van der Waals surface area (Å²) in [5.74, 6) is 0. The fourth-order valence-electron chi connectivity index (χ4n) is 5.58. The van der Waals surface area contributed by atoms with Crippen LogP contribution in [0.5, 0.6) is 0 Å². The van der Waals surface area contributed by atoms with Crippen LogP contribution in [-0.2, 0) is 6.42 Å². The highest BCUT2D eigenvalue weighted by Crippen LogP contribution is 2.41. The van der Waals surface area contributed by atoms with E-state index >= 15 is 0 Å². The van der Waals surface area contributed by atoms with Gasteiger partial charge in [0.15, 0.2) is 4.80 Å². The summed E-state index contributed by atoms with van der Waals surface area (Å²) in [6.07, 6.45) is 3.88. The number of halogens is 1. The van der Waals surface area contributed by atoms with Crippen LogP contribution in [0, 0.1) is 6.92 Å². The van der Waals surface area contributed by atoms with E-state index in [1.165, 1.54) is 28.0 Å². The SMILES string of the molecule is Cc1[nH]c2ccccc2c1C=c1sc2n(c1=O)[C@@H](c1ccc(Br)cc1)C1=C(N=2)c2ccccc2CC1. The second-order valence-corrected chi connectivity index (χ2v) is 11.3. The number of para-hydroxylation sites is 1. The molecule has 0 spiro atoms. The van der Waals surface area contributed by atoms with Crippen molar-refractivity contribution in [1.82, 2.24) is 9.55 Å². The standard InChI is InChI=1S/C30H22BrN3OS/c1-17-24(22-8-4-5-9-25(22)32-17)16-26-29(35)34-28(19-10-13-20(31)14-11-19)23-15-12-18-6-2-3-7-21(18)27(23)33-30(34)36-26/h2-11,13-14,16,28,32H,12,15H2,1H3/t28-/m0/s1. The maximum Gasteiger partial charge on any atom is 0.271 e. The van der Waals surface area contributed by atoms with Gasteiger partial charge in [-0.3, -0.25) is 9.36 Å². The average Bonchev–Trinajstić information content (AvgIpc) is 3.39. The van der Waals surface area contributed by atoms with E-state index in [0.717, 1.165) is 55.5 Å². The largest absolute Gasteiger partial charge is 0.358 e. The highest BCUT2D eigenvalue weighted by atomic mass is 79.9. The molecule has 2 aliphatic rings. The molecule has 0 saturated carbocycles. The molecular formula is C30H22BrN3OS. The predicted molar refractivity (Wildman–Crippen MR) is 150 cm³/mol. The van der Waals surface area contributed by atoms with Gasteiger partial charge in [0.1, 0.15) is 0 Å². The van der Waals surface area contributed by atoms with E-state index in [4.69, 9.17) is 4.99 Å². The van der Waals surface area contributed by atoms with Crippen molar-refractivity contribution in [2.75, 3.05) is 0 Å². The minimum atomic E-state index is -0.163. The Hall–Kier alpha value is -3.48. The Morgan fingerprint density at radius 1 is 1.03 bits per heavy atom. The van der Waals surface area contributed by atoms with Crippen molar-refractivity contribution in [2.24, 2.45) is 4.99 Å². The lowest BCUT2D eigenvalue weighted by molar-refractivity contribution is 0.585. The van der Waals surface area contributed by atoms with Crippen molar-refractivity contribution >= 4 is 49.9 Å². The van der Waals surface area contributed by atoms with E-state index in [0.29, 0.717) is 4.53 Å². The molecule has 1 N–H and O–H groups in total. The molecule has 1 aliphatic carbocycles. The second kappa shape index (κ2) is 8.29. The van der Waals surface area contributed by atoms with Crippen molar-refractivity contribution in [1.29, 1.82) is 0 Å². The summed E-state index contributed by atoms with van der Waals surface area (Å²) < 4.78 is 3.64. The summed E-state index contributed by atoms with van der Waals surface area (Å²) in [6.45, 7) is 2.06. The summed E-state index contributed by atoms with van der Waals surface area (Å²) in [5, 5.41) is 1.12. The van der Waals surface area contributed by atoms with Crippen molar-refractivity contribution in [3.05, 3.63) is 130 Å². The van der Waals surface area contributed by atoms with Gasteiger partial charge in [-0.25, -0.2) is 4.99 Å². The van der Waals surface area contributed by atoms with E-state index in [9.17, 15) is 4.79 Å². The molecule has 0 fully saturated rings. The fourth-order valence-corrected chi connectivity index (χ4v) is 6.83. The molecule has 4 nitrogen and oxygen atoms in total. The number of hydrogen-bond donors (Lipinski definition) is 1. The third-order valence-corrected chi connectivity index (χ3v) is 8.79. The number of allylic oxidation sites excluding steroid dienone is 1. The summed E-state index contributed by atoms with van der Waals surface area (Å²) >= 11 is 5.05. The zero-order valence-corrected chi connectivity index (χ0v) is 22.0. The van der Waals surface area contributed by atoms with Gasteiger partial charge in [-0.15, -0.1) is 0 Å². The highest BCUT2D eigenvalue weighted by molar-refractivity contribution is 9.10. The Bertz CT molecular complexity index is 1890. The van der Waals surface area contributed by atoms with Crippen molar-refractivity contribution < 1.29 is 0 Å². The van der Waals surface area contributed by atoms with Crippen LogP contribution in [0.2, 0.25) is 0 Å². The first kappa shape index (κ1) is 21.8. The monoisotopic (exact) mass is 551 g/mol. The molecule has 0 radical (unpaired) electrons. The quantitative estimate of drug-likeness (QED) is 0.293. The molecule has 176 valence electrons. The lowest BCUT2D eigenvalue weighted by Crippen LogP contribution is -2.38. The van der Waals surface area contributed by atoms with E-state index in [-0.39, 0.29) is 11.6 Å². The Morgan fingerprint density at radius 3 is 2.67 bits per heavy atom. The number of thiazole rings is 1. The van der Waals surface area contributed by atoms with Crippen molar-refractivity contribution in [2.45, 2.75) is 25.8 Å². The number of fused-ring (bicyclic) bond motifs is 4. The molecule has 36 heavy (non-hydrogen) atoms. The van der Waals surface area contributed by atoms with E-state index in [2.05, 4.69) is 88.5 Å². The van der Waals surface area contributed by atoms with Gasteiger partial charge >= 0.3 is 0 Å². The maximum absolute atomic E-state index is 14.0. The Balaban J connectivity index is 1.51. The molecule has 1 atom stereocenters. The molecule has 0 bridgehead atoms. The van der Waals surface area contributed by atoms with Crippen molar-refractivity contribution in [3.63, 3.8) is 0 Å². The number of H-pyrrole nitrogens is 1. The topological polar surface area (TPSA) is 50.1 Å². The molecule has 7 rings (SSSR count). The third-order valence-electron chi connectivity index (χ3n) is 7.28. The molecule has 3 heterocycles. The van der Waals surface area contributed by atoms with E-state index in [1.807, 2.05) is 22.8 Å². The van der Waals surface area contributed by atoms with Gasteiger partial charge in [-0.05, 0) is 60.7 Å². The first-order valence-electron chi connectivity index (χ1n) is 12.0. The Kier molecular flexibility index (Phi) is 5.01. The zero-order valence-electron chi connectivity index (χ0n) is 19.6. The van der Waals surface area contributed by atoms with Gasteiger partial charge < -0.3 is 4.98 Å². The van der Waals surface area contributed by atoms with Gasteiger partial charge in [-0.1, -0.05) is 81.9 Å². The number of hydrogen-bond acceptors (Lipinski definition) is 3. The van der Waals surface area contributed by atoms with E-state index in [1.54, 1.807) is 0 Å². The molecule has 2 aromatic heterocycles. The second-order valence-electron chi connectivity index (χ2n) is 9.37. The number of rotatable bonds is 2. The summed E-state index contributed by atoms with van der Waals surface area (Å²) in [4.78, 5) is 23.3. The minimum absolute atomic E-state index is 0.0155. The normalized spacial score (nSPS) is 17.1. The number of aromatic amines is 1. The first-order chi connectivity index (χ1) is 17.6. The first-order valence-corrected chi connectivity index (χ1v) is 13.7. The van der Waals surface area contributed by atoms with Gasteiger partial charge in [0.05, 0.1) is 16.3 Å². The van der Waals surface area contributed by atoms with Gasteiger partial charge in [-0.2, -0.15) is 0 Å². The highest BCUT2D eigenvalue weighted by Gasteiger charge is 2.32. The van der Waals surface area contributed by atoms with Crippen LogP contribution >= 0.6 is 27.3 Å². The molecule has 0 unspecified atom stereocenters. The number of nitrogens with zero attached hydrogens (tertiary/aromatic N) is 2. The average molecular weight is 552 g/mol. The summed E-state index contributed by atoms with van der Waals surface area (Å²) in [5.41, 5.74) is 9.07. The van der Waals surface area contributed by atoms with Crippen LogP contribution in [0.3, 0.4) is 0 Å². The van der Waals surface area contributed by atoms with Crippen LogP contribution in [0.25, 0.3) is 22.7 Å². The van der Waals surface area contributed by atoms with Crippen molar-refractivity contribution in [3.8, 4) is 0 Å². The molecule has 3 aromatic carbocycles. The Morgan fingerprint density at radius 2 is 1.81 bits per heavy atom. The van der Waals surface area contributed by atoms with Crippen LogP contribution in [0.15, 0.2) is 92.6 Å². The fraction of sp³-hybridized carbons (Fsp3) is 0.133.